The Hall–Kier alpha value is -3.75. The number of nitrogens with one attached hydrogen (secondary N) is 1. The molecule has 0 spiro atoms. The van der Waals surface area contributed by atoms with Gasteiger partial charge in [0, 0.05) is 11.4 Å². The summed E-state index contributed by atoms with van der Waals surface area (Å²) in [5.74, 6) is -0.611. The van der Waals surface area contributed by atoms with Gasteiger partial charge in [0.1, 0.15) is 12.1 Å². The lowest BCUT2D eigenvalue weighted by Gasteiger charge is -2.39. The normalized spacial score (nSPS) is 12.8. The summed E-state index contributed by atoms with van der Waals surface area (Å²) in [6, 6.07) is 14.9. The first-order valence-electron chi connectivity index (χ1n) is 10.1. The number of para-hydroxylation sites is 2. The summed E-state index contributed by atoms with van der Waals surface area (Å²) in [6.45, 7) is 7.31. The number of hydrogen-bond donors (Lipinski definition) is 2. The molecule has 0 fully saturated rings. The highest BCUT2D eigenvalue weighted by atomic mass is 16.2. The number of carbonyl (C=O) groups excluding carboxylic acids is 2. The van der Waals surface area contributed by atoms with Crippen LogP contribution < -0.4 is 16.0 Å². The molecule has 162 valence electrons. The van der Waals surface area contributed by atoms with Crippen LogP contribution in [0.4, 0.5) is 17.3 Å². The van der Waals surface area contributed by atoms with Crippen LogP contribution in [-0.4, -0.2) is 37.6 Å². The number of benzene rings is 2. The summed E-state index contributed by atoms with van der Waals surface area (Å²) < 4.78 is 1.21. The predicted molar refractivity (Wildman–Crippen MR) is 119 cm³/mol. The Morgan fingerprint density at radius 1 is 1.10 bits per heavy atom. The molecular formula is C22H27N7O2. The molecule has 2 amide bonds. The van der Waals surface area contributed by atoms with Gasteiger partial charge in [-0.05, 0) is 60.9 Å². The van der Waals surface area contributed by atoms with Gasteiger partial charge in [-0.15, -0.1) is 0 Å². The molecule has 31 heavy (non-hydrogen) atoms. The quantitative estimate of drug-likeness (QED) is 0.605. The summed E-state index contributed by atoms with van der Waals surface area (Å²) in [4.78, 5) is 28.5. The van der Waals surface area contributed by atoms with Crippen molar-refractivity contribution in [2.75, 3.05) is 16.0 Å². The number of rotatable bonds is 7. The topological polar surface area (TPSA) is 119 Å². The molecule has 3 aromatic rings. The van der Waals surface area contributed by atoms with Gasteiger partial charge in [0.05, 0.1) is 0 Å². The van der Waals surface area contributed by atoms with E-state index in [2.05, 4.69) is 20.8 Å². The van der Waals surface area contributed by atoms with Crippen molar-refractivity contribution in [3.05, 3.63) is 59.7 Å². The van der Waals surface area contributed by atoms with E-state index in [1.165, 1.54) is 9.58 Å². The third kappa shape index (κ3) is 4.40. The zero-order valence-corrected chi connectivity index (χ0v) is 18.2. The molecule has 0 unspecified atom stereocenters. The Bertz CT molecular complexity index is 1060. The summed E-state index contributed by atoms with van der Waals surface area (Å²) in [7, 11) is 0. The van der Waals surface area contributed by atoms with E-state index in [-0.39, 0.29) is 24.3 Å². The smallest absolute Gasteiger partial charge is 0.250 e. The minimum atomic E-state index is -1.17. The molecule has 0 aliphatic rings. The van der Waals surface area contributed by atoms with Crippen molar-refractivity contribution < 1.29 is 9.59 Å². The van der Waals surface area contributed by atoms with Crippen molar-refractivity contribution in [3.8, 4) is 0 Å². The van der Waals surface area contributed by atoms with E-state index in [0.717, 1.165) is 16.8 Å². The first kappa shape index (κ1) is 21.9. The number of amides is 2. The van der Waals surface area contributed by atoms with Crippen molar-refractivity contribution in [1.82, 2.24) is 20.2 Å². The first-order valence-corrected chi connectivity index (χ1v) is 10.1. The van der Waals surface area contributed by atoms with E-state index < -0.39 is 5.54 Å². The summed E-state index contributed by atoms with van der Waals surface area (Å²) in [6.07, 6.45) is 0.384. The molecule has 0 saturated carbocycles. The standard InChI is InChI=1S/C22H27N7O2/c1-5-22(4,20(31)24-19-15(2)10-9-11-16(19)3)29(17-12-7-6-8-13-17)18(30)14-28-21(23)25-26-27-28/h6-13H,5,14H2,1-4H3,(H,24,31)(H2,23,25,27)/t22-/m1/s1. The third-order valence-corrected chi connectivity index (χ3v) is 5.50. The van der Waals surface area contributed by atoms with Gasteiger partial charge in [-0.3, -0.25) is 14.5 Å². The van der Waals surface area contributed by atoms with Crippen LogP contribution in [0.15, 0.2) is 48.5 Å². The first-order chi connectivity index (χ1) is 14.8. The Labute approximate surface area is 181 Å². The number of anilines is 3. The number of carbonyl (C=O) groups is 2. The number of nitrogens with two attached hydrogens (primary N) is 1. The Morgan fingerprint density at radius 3 is 2.29 bits per heavy atom. The number of aromatic nitrogens is 4. The van der Waals surface area contributed by atoms with E-state index >= 15 is 0 Å². The molecule has 1 aromatic heterocycles. The zero-order valence-electron chi connectivity index (χ0n) is 18.2. The van der Waals surface area contributed by atoms with Crippen LogP contribution in [0.3, 0.4) is 0 Å². The number of aryl methyl sites for hydroxylation is 2. The number of tetrazole rings is 1. The van der Waals surface area contributed by atoms with E-state index in [4.69, 9.17) is 5.73 Å². The highest BCUT2D eigenvalue weighted by Gasteiger charge is 2.42. The van der Waals surface area contributed by atoms with Gasteiger partial charge in [0.15, 0.2) is 0 Å². The lowest BCUT2D eigenvalue weighted by molar-refractivity contribution is -0.127. The minimum Gasteiger partial charge on any atom is -0.367 e. The van der Waals surface area contributed by atoms with Gasteiger partial charge >= 0.3 is 0 Å². The molecule has 2 aromatic carbocycles. The lowest BCUT2D eigenvalue weighted by Crippen LogP contribution is -2.58. The molecular weight excluding hydrogens is 394 g/mol. The van der Waals surface area contributed by atoms with E-state index in [0.29, 0.717) is 12.1 Å². The molecule has 0 bridgehead atoms. The fourth-order valence-corrected chi connectivity index (χ4v) is 3.48. The monoisotopic (exact) mass is 421 g/mol. The van der Waals surface area contributed by atoms with Crippen LogP contribution in [0.25, 0.3) is 0 Å². The van der Waals surface area contributed by atoms with Gasteiger partial charge in [0.25, 0.3) is 0 Å². The van der Waals surface area contributed by atoms with Crippen LogP contribution in [0.1, 0.15) is 31.4 Å². The third-order valence-electron chi connectivity index (χ3n) is 5.50. The zero-order chi connectivity index (χ0) is 22.6. The molecule has 0 aliphatic carbocycles. The van der Waals surface area contributed by atoms with E-state index in [9.17, 15) is 9.59 Å². The van der Waals surface area contributed by atoms with Gasteiger partial charge in [-0.1, -0.05) is 48.4 Å². The molecule has 0 radical (unpaired) electrons. The summed E-state index contributed by atoms with van der Waals surface area (Å²) in [5.41, 5.74) is 7.82. The summed E-state index contributed by atoms with van der Waals surface area (Å²) in [5, 5.41) is 13.9. The van der Waals surface area contributed by atoms with Crippen molar-refractivity contribution in [2.45, 2.75) is 46.2 Å². The van der Waals surface area contributed by atoms with Crippen LogP contribution in [-0.2, 0) is 16.1 Å². The van der Waals surface area contributed by atoms with Crippen LogP contribution in [0.5, 0.6) is 0 Å². The lowest BCUT2D eigenvalue weighted by atomic mass is 9.93. The second kappa shape index (κ2) is 8.95. The highest BCUT2D eigenvalue weighted by molar-refractivity contribution is 6.08. The predicted octanol–water partition coefficient (Wildman–Crippen LogP) is 2.71. The molecule has 9 heteroatoms. The van der Waals surface area contributed by atoms with Crippen LogP contribution >= 0.6 is 0 Å². The molecule has 0 saturated heterocycles. The summed E-state index contributed by atoms with van der Waals surface area (Å²) >= 11 is 0. The number of nitrogens with zero attached hydrogens (tertiary/aromatic N) is 5. The average Bonchev–Trinajstić information content (AvgIpc) is 3.15. The Kier molecular flexibility index (Phi) is 6.33. The highest BCUT2D eigenvalue weighted by Crippen LogP contribution is 2.30. The molecule has 1 heterocycles. The second-order valence-electron chi connectivity index (χ2n) is 7.61. The average molecular weight is 422 g/mol. The SMILES string of the molecule is CC[C@](C)(C(=O)Nc1c(C)cccc1C)N(C(=O)Cn1nnnc1N)c1ccccc1. The number of hydrogen-bond acceptors (Lipinski definition) is 6. The van der Waals surface area contributed by atoms with Gasteiger partial charge in [-0.25, -0.2) is 4.68 Å². The maximum atomic E-state index is 13.6. The van der Waals surface area contributed by atoms with Gasteiger partial charge < -0.3 is 11.1 Å². The van der Waals surface area contributed by atoms with Crippen molar-refractivity contribution in [1.29, 1.82) is 0 Å². The van der Waals surface area contributed by atoms with Crippen molar-refractivity contribution >= 4 is 29.1 Å². The van der Waals surface area contributed by atoms with Crippen LogP contribution in [0, 0.1) is 13.8 Å². The molecule has 0 aliphatic heterocycles. The van der Waals surface area contributed by atoms with E-state index in [1.54, 1.807) is 19.1 Å². The molecule has 1 atom stereocenters. The Morgan fingerprint density at radius 2 is 1.74 bits per heavy atom. The minimum absolute atomic E-state index is 0.0274. The largest absolute Gasteiger partial charge is 0.367 e. The fourth-order valence-electron chi connectivity index (χ4n) is 3.48. The van der Waals surface area contributed by atoms with E-state index in [1.807, 2.05) is 57.2 Å². The second-order valence-corrected chi connectivity index (χ2v) is 7.61. The van der Waals surface area contributed by atoms with Crippen molar-refractivity contribution in [3.63, 3.8) is 0 Å². The van der Waals surface area contributed by atoms with Crippen LogP contribution in [0.2, 0.25) is 0 Å². The van der Waals surface area contributed by atoms with Crippen molar-refractivity contribution in [2.24, 2.45) is 0 Å². The maximum Gasteiger partial charge on any atom is 0.250 e. The molecule has 3 N–H and O–H groups in total. The fraction of sp³-hybridized carbons (Fsp3) is 0.318. The van der Waals surface area contributed by atoms with Gasteiger partial charge in [0.2, 0.25) is 17.8 Å². The maximum absolute atomic E-state index is 13.6. The van der Waals surface area contributed by atoms with Gasteiger partial charge in [-0.2, -0.15) is 0 Å². The Balaban J connectivity index is 2.01. The molecule has 3 rings (SSSR count). The molecule has 9 nitrogen and oxygen atoms in total. The number of nitrogen functional groups attached to an aromatic ring is 1.